The fourth-order valence-corrected chi connectivity index (χ4v) is 4.64. The Kier molecular flexibility index (Phi) is 4.39. The molecule has 1 aromatic heterocycles. The number of non-ortho nitro benzene ring substituents is 1. The van der Waals surface area contributed by atoms with Gasteiger partial charge in [-0.25, -0.2) is 4.39 Å². The van der Waals surface area contributed by atoms with Gasteiger partial charge in [-0.05, 0) is 37.3 Å². The molecule has 0 spiro atoms. The molecule has 1 heterocycles. The van der Waals surface area contributed by atoms with Gasteiger partial charge < -0.3 is 4.57 Å². The van der Waals surface area contributed by atoms with Crippen LogP contribution in [0, 0.1) is 15.9 Å². The molecule has 3 rings (SSSR count). The summed E-state index contributed by atoms with van der Waals surface area (Å²) in [6.07, 6.45) is 0. The minimum atomic E-state index is -4.02. The van der Waals surface area contributed by atoms with Crippen LogP contribution in [0.2, 0.25) is 0 Å². The maximum atomic E-state index is 13.0. The number of nitrogens with zero attached hydrogens (tertiary/aromatic N) is 3. The van der Waals surface area contributed by atoms with Gasteiger partial charge in [0, 0.05) is 18.7 Å². The van der Waals surface area contributed by atoms with Crippen molar-refractivity contribution in [1.82, 2.24) is 4.57 Å². The molecular weight excluding hydrogens is 369 g/mol. The Morgan fingerprint density at radius 1 is 1.24 bits per heavy atom. The second-order valence-electron chi connectivity index (χ2n) is 5.06. The zero-order chi connectivity index (χ0) is 18.2. The fourth-order valence-electron chi connectivity index (χ4n) is 2.31. The first kappa shape index (κ1) is 17.2. The van der Waals surface area contributed by atoms with E-state index in [1.54, 1.807) is 10.6 Å². The molecule has 0 aliphatic heterocycles. The number of aromatic nitrogens is 1. The number of fused-ring (bicyclic) bond motifs is 1. The summed E-state index contributed by atoms with van der Waals surface area (Å²) in [5.74, 6) is -0.545. The molecule has 0 aliphatic carbocycles. The number of benzene rings is 2. The number of sulfonamides is 1. The average molecular weight is 381 g/mol. The predicted octanol–water partition coefficient (Wildman–Crippen LogP) is 3.06. The first-order chi connectivity index (χ1) is 11.8. The standard InChI is InChI=1S/C15H12FN3O4S2/c1-2-18-13-8-5-11(19(20)21)9-14(13)24-15(18)17-25(22,23)12-6-3-10(16)4-7-12/h3-9H,2H2,1H3/b17-15-. The monoisotopic (exact) mass is 381 g/mol. The van der Waals surface area contributed by atoms with Crippen molar-refractivity contribution < 1.29 is 17.7 Å². The number of aryl methyl sites for hydroxylation is 1. The average Bonchev–Trinajstić information content (AvgIpc) is 2.90. The third-order valence-corrected chi connectivity index (χ3v) is 5.94. The lowest BCUT2D eigenvalue weighted by molar-refractivity contribution is -0.384. The van der Waals surface area contributed by atoms with Crippen molar-refractivity contribution in [3.05, 3.63) is 63.2 Å². The van der Waals surface area contributed by atoms with Gasteiger partial charge >= 0.3 is 0 Å². The topological polar surface area (TPSA) is 94.6 Å². The van der Waals surface area contributed by atoms with Crippen molar-refractivity contribution in [2.75, 3.05) is 0 Å². The summed E-state index contributed by atoms with van der Waals surface area (Å²) in [6, 6.07) is 8.69. The number of nitro benzene ring substituents is 1. The minimum Gasteiger partial charge on any atom is -0.316 e. The second-order valence-corrected chi connectivity index (χ2v) is 7.67. The number of hydrogen-bond acceptors (Lipinski definition) is 5. The maximum Gasteiger partial charge on any atom is 0.285 e. The van der Waals surface area contributed by atoms with Crippen molar-refractivity contribution in [1.29, 1.82) is 0 Å². The highest BCUT2D eigenvalue weighted by Gasteiger charge is 2.16. The molecule has 0 fully saturated rings. The summed E-state index contributed by atoms with van der Waals surface area (Å²) in [5, 5.41) is 10.9. The lowest BCUT2D eigenvalue weighted by Gasteiger charge is -2.01. The van der Waals surface area contributed by atoms with Crippen LogP contribution < -0.4 is 4.80 Å². The molecule has 25 heavy (non-hydrogen) atoms. The van der Waals surface area contributed by atoms with Gasteiger partial charge in [-0.1, -0.05) is 11.3 Å². The molecule has 0 saturated heterocycles. The molecular formula is C15H12FN3O4S2. The van der Waals surface area contributed by atoms with Gasteiger partial charge in [-0.15, -0.1) is 4.40 Å². The van der Waals surface area contributed by atoms with Crippen molar-refractivity contribution in [2.24, 2.45) is 4.40 Å². The molecule has 0 bridgehead atoms. The molecule has 10 heteroatoms. The molecule has 0 unspecified atom stereocenters. The highest BCUT2D eigenvalue weighted by Crippen LogP contribution is 2.23. The molecule has 0 N–H and O–H groups in total. The Morgan fingerprint density at radius 3 is 2.52 bits per heavy atom. The number of hydrogen-bond donors (Lipinski definition) is 0. The lowest BCUT2D eigenvalue weighted by Crippen LogP contribution is -2.16. The predicted molar refractivity (Wildman–Crippen MR) is 91.3 cm³/mol. The quantitative estimate of drug-likeness (QED) is 0.513. The van der Waals surface area contributed by atoms with Crippen LogP contribution in [0.25, 0.3) is 10.2 Å². The molecule has 0 aliphatic rings. The van der Waals surface area contributed by atoms with Crippen LogP contribution in [0.15, 0.2) is 51.8 Å². The smallest absolute Gasteiger partial charge is 0.285 e. The van der Waals surface area contributed by atoms with Crippen molar-refractivity contribution in [2.45, 2.75) is 18.4 Å². The summed E-state index contributed by atoms with van der Waals surface area (Å²) in [5.41, 5.74) is 0.580. The van der Waals surface area contributed by atoms with E-state index in [1.807, 2.05) is 6.92 Å². The number of thiazole rings is 1. The second kappa shape index (κ2) is 6.37. The van der Waals surface area contributed by atoms with E-state index in [0.29, 0.717) is 16.8 Å². The van der Waals surface area contributed by atoms with E-state index >= 15 is 0 Å². The van der Waals surface area contributed by atoms with Gasteiger partial charge in [0.05, 0.1) is 20.0 Å². The Bertz CT molecular complexity index is 1130. The maximum absolute atomic E-state index is 13.0. The third-order valence-electron chi connectivity index (χ3n) is 3.50. The molecule has 0 saturated carbocycles. The highest BCUT2D eigenvalue weighted by atomic mass is 32.2. The molecule has 0 radical (unpaired) electrons. The Labute approximate surface area is 145 Å². The first-order valence-corrected chi connectivity index (χ1v) is 9.42. The van der Waals surface area contributed by atoms with Gasteiger partial charge in [0.15, 0.2) is 0 Å². The molecule has 130 valence electrons. The summed E-state index contributed by atoms with van der Waals surface area (Å²) in [4.78, 5) is 10.5. The van der Waals surface area contributed by atoms with Gasteiger partial charge in [-0.3, -0.25) is 10.1 Å². The van der Waals surface area contributed by atoms with Crippen molar-refractivity contribution >= 4 is 37.3 Å². The van der Waals surface area contributed by atoms with Crippen LogP contribution in [0.1, 0.15) is 6.92 Å². The van der Waals surface area contributed by atoms with E-state index in [1.165, 1.54) is 12.1 Å². The van der Waals surface area contributed by atoms with Crippen molar-refractivity contribution in [3.63, 3.8) is 0 Å². The van der Waals surface area contributed by atoms with Gasteiger partial charge in [0.25, 0.3) is 15.7 Å². The SMILES string of the molecule is CCn1/c(=N/S(=O)(=O)c2ccc(F)cc2)sc2cc([N+](=O)[O-])ccc21. The summed E-state index contributed by atoms with van der Waals surface area (Å²) in [6.45, 7) is 2.26. The molecule has 3 aromatic rings. The van der Waals surface area contributed by atoms with Crippen LogP contribution in [0.5, 0.6) is 0 Å². The number of nitro groups is 1. The van der Waals surface area contributed by atoms with Crippen LogP contribution in [-0.2, 0) is 16.6 Å². The summed E-state index contributed by atoms with van der Waals surface area (Å²) < 4.78 is 43.9. The molecule has 7 nitrogen and oxygen atoms in total. The van der Waals surface area contributed by atoms with Gasteiger partial charge in [0.1, 0.15) is 5.82 Å². The van der Waals surface area contributed by atoms with Crippen LogP contribution in [-0.4, -0.2) is 17.9 Å². The minimum absolute atomic E-state index is 0.0788. The molecule has 0 atom stereocenters. The zero-order valence-electron chi connectivity index (χ0n) is 12.9. The van der Waals surface area contributed by atoms with Gasteiger partial charge in [0.2, 0.25) is 4.80 Å². The summed E-state index contributed by atoms with van der Waals surface area (Å²) in [7, 11) is -4.02. The highest BCUT2D eigenvalue weighted by molar-refractivity contribution is 7.90. The number of rotatable bonds is 4. The Balaban J connectivity index is 2.21. The third kappa shape index (κ3) is 3.30. The van der Waals surface area contributed by atoms with E-state index < -0.39 is 20.8 Å². The lowest BCUT2D eigenvalue weighted by atomic mass is 10.3. The molecule has 2 aromatic carbocycles. The van der Waals surface area contributed by atoms with E-state index in [-0.39, 0.29) is 15.4 Å². The Hall–Kier alpha value is -2.59. The fraction of sp³-hybridized carbons (Fsp3) is 0.133. The van der Waals surface area contributed by atoms with E-state index in [2.05, 4.69) is 4.40 Å². The number of halogens is 1. The first-order valence-electron chi connectivity index (χ1n) is 7.16. The Morgan fingerprint density at radius 2 is 1.92 bits per heavy atom. The normalized spacial score (nSPS) is 12.6. The van der Waals surface area contributed by atoms with Crippen LogP contribution in [0.3, 0.4) is 0 Å². The van der Waals surface area contributed by atoms with Crippen molar-refractivity contribution in [3.8, 4) is 0 Å². The zero-order valence-corrected chi connectivity index (χ0v) is 14.6. The molecule has 0 amide bonds. The van der Waals surface area contributed by atoms with E-state index in [9.17, 15) is 22.9 Å². The van der Waals surface area contributed by atoms with E-state index in [4.69, 9.17) is 0 Å². The largest absolute Gasteiger partial charge is 0.316 e. The van der Waals surface area contributed by atoms with Gasteiger partial charge in [-0.2, -0.15) is 8.42 Å². The van der Waals surface area contributed by atoms with Crippen LogP contribution in [0.4, 0.5) is 10.1 Å². The van der Waals surface area contributed by atoms with Crippen LogP contribution >= 0.6 is 11.3 Å². The van der Waals surface area contributed by atoms with E-state index in [0.717, 1.165) is 35.6 Å². The summed E-state index contributed by atoms with van der Waals surface area (Å²) >= 11 is 1.04.